The number of nitrogens with zero attached hydrogens (tertiary/aromatic N) is 2. The van der Waals surface area contributed by atoms with Gasteiger partial charge >= 0.3 is 0 Å². The largest absolute Gasteiger partial charge is 0.412 e. The number of pyridine rings is 1. The van der Waals surface area contributed by atoms with E-state index in [1.807, 2.05) is 48.5 Å². The van der Waals surface area contributed by atoms with Crippen LogP contribution in [0.5, 0.6) is 0 Å². The van der Waals surface area contributed by atoms with Crippen molar-refractivity contribution < 1.29 is 4.42 Å². The summed E-state index contributed by atoms with van der Waals surface area (Å²) in [4.78, 5) is 16.8. The summed E-state index contributed by atoms with van der Waals surface area (Å²) in [5.74, 6) is 0.369. The van der Waals surface area contributed by atoms with Crippen molar-refractivity contribution in [2.75, 3.05) is 0 Å². The predicted molar refractivity (Wildman–Crippen MR) is 98.4 cm³/mol. The lowest BCUT2D eigenvalue weighted by molar-refractivity contribution is 0.467. The second-order valence-corrected chi connectivity index (χ2v) is 6.21. The van der Waals surface area contributed by atoms with Crippen LogP contribution < -0.4 is 5.56 Å². The molecule has 3 heterocycles. The topological polar surface area (TPSA) is 79.6 Å². The van der Waals surface area contributed by atoms with Crippen LogP contribution in [0.1, 0.15) is 5.89 Å². The lowest BCUT2D eigenvalue weighted by Crippen LogP contribution is -2.21. The van der Waals surface area contributed by atoms with Gasteiger partial charge in [-0.2, -0.15) is 0 Å². The van der Waals surface area contributed by atoms with Crippen molar-refractivity contribution in [1.29, 1.82) is 0 Å². The van der Waals surface area contributed by atoms with E-state index >= 15 is 0 Å². The minimum absolute atomic E-state index is 0.0861. The van der Waals surface area contributed by atoms with E-state index in [1.165, 1.54) is 0 Å². The van der Waals surface area contributed by atoms with Crippen LogP contribution in [0.25, 0.3) is 32.7 Å². The summed E-state index contributed by atoms with van der Waals surface area (Å²) in [6, 6.07) is 15.5. The number of fused-ring (bicyclic) bond motifs is 5. The summed E-state index contributed by atoms with van der Waals surface area (Å²) in [6.45, 7) is 0.204. The average molecular weight is 348 g/mol. The highest BCUT2D eigenvalue weighted by Crippen LogP contribution is 2.29. The number of hydrogen-bond donors (Lipinski definition) is 2. The monoisotopic (exact) mass is 348 g/mol. The van der Waals surface area contributed by atoms with E-state index in [-0.39, 0.29) is 16.9 Å². The molecule has 5 rings (SSSR count). The molecule has 0 amide bonds. The molecule has 122 valence electrons. The maximum absolute atomic E-state index is 13.1. The van der Waals surface area contributed by atoms with Crippen molar-refractivity contribution in [3.63, 3.8) is 0 Å². The van der Waals surface area contributed by atoms with Crippen molar-refractivity contribution in [2.45, 2.75) is 6.54 Å². The van der Waals surface area contributed by atoms with Gasteiger partial charge in [0.05, 0.1) is 11.0 Å². The fraction of sp³-hybridized carbons (Fsp3) is 0.0556. The zero-order valence-electron chi connectivity index (χ0n) is 12.9. The number of nitrogens with one attached hydrogen (secondary N) is 2. The molecule has 0 radical (unpaired) electrons. The summed E-state index contributed by atoms with van der Waals surface area (Å²) in [6.07, 6.45) is 0. The van der Waals surface area contributed by atoms with Crippen molar-refractivity contribution in [1.82, 2.24) is 19.7 Å². The van der Waals surface area contributed by atoms with E-state index in [4.69, 9.17) is 16.6 Å². The Morgan fingerprint density at radius 3 is 2.52 bits per heavy atom. The van der Waals surface area contributed by atoms with Crippen molar-refractivity contribution >= 4 is 44.9 Å². The van der Waals surface area contributed by atoms with Crippen LogP contribution in [0.15, 0.2) is 57.7 Å². The lowest BCUT2D eigenvalue weighted by atomic mass is 10.1. The molecular weight excluding hydrogens is 336 g/mol. The van der Waals surface area contributed by atoms with Crippen molar-refractivity contribution in [3.05, 3.63) is 69.6 Å². The van der Waals surface area contributed by atoms with Gasteiger partial charge in [0.2, 0.25) is 5.89 Å². The van der Waals surface area contributed by atoms with E-state index in [2.05, 4.69) is 15.2 Å². The van der Waals surface area contributed by atoms with Gasteiger partial charge in [-0.15, -0.1) is 5.10 Å². The number of aromatic nitrogens is 4. The summed E-state index contributed by atoms with van der Waals surface area (Å²) >= 11 is 4.94. The zero-order valence-corrected chi connectivity index (χ0v) is 13.8. The summed E-state index contributed by atoms with van der Waals surface area (Å²) in [7, 11) is 0. The number of H-pyrrole nitrogens is 2. The Morgan fingerprint density at radius 1 is 1.04 bits per heavy atom. The number of hydrogen-bond acceptors (Lipinski definition) is 4. The zero-order chi connectivity index (χ0) is 17.0. The molecule has 0 bridgehead atoms. The molecule has 25 heavy (non-hydrogen) atoms. The molecule has 0 aliphatic heterocycles. The second-order valence-electron chi connectivity index (χ2n) is 5.84. The fourth-order valence-corrected chi connectivity index (χ4v) is 3.49. The molecule has 0 spiro atoms. The standard InChI is InChI=1S/C18H12N4O2S/c23-17-11-6-2-1-5-10(11)15-16(12-7-3-4-8-13(12)19-15)22(17)9-14-20-21-18(25)24-14/h1-8,19H,9H2,(H,21,25). The number of rotatable bonds is 2. The van der Waals surface area contributed by atoms with Crippen LogP contribution in [0, 0.1) is 4.84 Å². The van der Waals surface area contributed by atoms with Crippen LogP contribution in [0.4, 0.5) is 0 Å². The SMILES string of the molecule is O=c1c2ccccc2c2[nH]c3ccccc3c2n1Cc1n[nH]c(=S)o1. The molecule has 0 atom stereocenters. The summed E-state index contributed by atoms with van der Waals surface area (Å²) < 4.78 is 7.06. The van der Waals surface area contributed by atoms with Crippen LogP contribution in [-0.4, -0.2) is 19.7 Å². The molecule has 0 aliphatic rings. The maximum atomic E-state index is 13.1. The first kappa shape index (κ1) is 14.2. The normalized spacial score (nSPS) is 11.7. The highest BCUT2D eigenvalue weighted by Gasteiger charge is 2.16. The molecule has 7 heteroatoms. The first-order valence-electron chi connectivity index (χ1n) is 7.79. The Hall–Kier alpha value is -3.19. The second kappa shape index (κ2) is 5.15. The van der Waals surface area contributed by atoms with Gasteiger partial charge in [0.25, 0.3) is 10.4 Å². The van der Waals surface area contributed by atoms with Gasteiger partial charge < -0.3 is 9.40 Å². The molecule has 0 unspecified atom stereocenters. The van der Waals surface area contributed by atoms with Crippen LogP contribution in [-0.2, 0) is 6.54 Å². The van der Waals surface area contributed by atoms with Gasteiger partial charge in [-0.05, 0) is 24.4 Å². The molecule has 2 N–H and O–H groups in total. The quantitative estimate of drug-likeness (QED) is 0.476. The number of benzene rings is 2. The van der Waals surface area contributed by atoms with E-state index in [9.17, 15) is 4.79 Å². The Labute approximate surface area is 145 Å². The third kappa shape index (κ3) is 2.06. The van der Waals surface area contributed by atoms with Crippen LogP contribution in [0.2, 0.25) is 0 Å². The average Bonchev–Trinajstić information content (AvgIpc) is 3.22. The third-order valence-corrected chi connectivity index (χ3v) is 4.57. The van der Waals surface area contributed by atoms with E-state index in [0.717, 1.165) is 27.3 Å². The summed E-state index contributed by atoms with van der Waals surface area (Å²) in [5.41, 5.74) is 2.65. The highest BCUT2D eigenvalue weighted by molar-refractivity contribution is 7.71. The Morgan fingerprint density at radius 2 is 1.76 bits per heavy atom. The van der Waals surface area contributed by atoms with Gasteiger partial charge in [0.15, 0.2) is 0 Å². The molecular formula is C18H12N4O2S. The van der Waals surface area contributed by atoms with Gasteiger partial charge in [-0.3, -0.25) is 9.36 Å². The van der Waals surface area contributed by atoms with Crippen LogP contribution in [0.3, 0.4) is 0 Å². The predicted octanol–water partition coefficient (Wildman–Crippen LogP) is 3.73. The number of para-hydroxylation sites is 1. The molecule has 0 saturated heterocycles. The first-order chi connectivity index (χ1) is 12.2. The van der Waals surface area contributed by atoms with Crippen molar-refractivity contribution in [2.24, 2.45) is 0 Å². The molecule has 5 aromatic rings. The summed E-state index contributed by atoms with van der Waals surface area (Å²) in [5, 5.41) is 9.17. The lowest BCUT2D eigenvalue weighted by Gasteiger charge is -2.09. The Balaban J connectivity index is 1.97. The van der Waals surface area contributed by atoms with Crippen LogP contribution >= 0.6 is 12.2 Å². The Bertz CT molecular complexity index is 1370. The first-order valence-corrected chi connectivity index (χ1v) is 8.19. The van der Waals surface area contributed by atoms with Gasteiger partial charge in [0, 0.05) is 21.7 Å². The molecule has 0 saturated carbocycles. The fourth-order valence-electron chi connectivity index (χ4n) is 3.35. The van der Waals surface area contributed by atoms with Crippen molar-refractivity contribution in [3.8, 4) is 0 Å². The minimum atomic E-state index is -0.0861. The van der Waals surface area contributed by atoms with E-state index in [1.54, 1.807) is 4.57 Å². The minimum Gasteiger partial charge on any atom is -0.412 e. The number of aromatic amines is 2. The van der Waals surface area contributed by atoms with E-state index < -0.39 is 0 Å². The third-order valence-electron chi connectivity index (χ3n) is 4.40. The van der Waals surface area contributed by atoms with Gasteiger partial charge in [-0.1, -0.05) is 36.4 Å². The molecule has 6 nitrogen and oxygen atoms in total. The van der Waals surface area contributed by atoms with Gasteiger partial charge in [-0.25, -0.2) is 5.10 Å². The highest BCUT2D eigenvalue weighted by atomic mass is 32.1. The molecule has 2 aromatic carbocycles. The molecule has 0 aliphatic carbocycles. The Kier molecular flexibility index (Phi) is 2.92. The smallest absolute Gasteiger partial charge is 0.284 e. The molecule has 3 aromatic heterocycles. The van der Waals surface area contributed by atoms with E-state index in [0.29, 0.717) is 11.3 Å². The maximum Gasteiger partial charge on any atom is 0.284 e. The molecule has 0 fully saturated rings. The van der Waals surface area contributed by atoms with Gasteiger partial charge in [0.1, 0.15) is 6.54 Å².